The molecular weight excluding hydrogens is 174 g/mol. The second-order valence-corrected chi connectivity index (χ2v) is 4.24. The van der Waals surface area contributed by atoms with Crippen molar-refractivity contribution in [3.63, 3.8) is 0 Å². The first-order chi connectivity index (χ1) is 6.68. The summed E-state index contributed by atoms with van der Waals surface area (Å²) in [4.78, 5) is 0. The summed E-state index contributed by atoms with van der Waals surface area (Å²) >= 11 is 0. The molecule has 1 aromatic carbocycles. The molecule has 0 fully saturated rings. The van der Waals surface area contributed by atoms with Crippen LogP contribution in [0.25, 0.3) is 0 Å². The molecule has 76 valence electrons. The summed E-state index contributed by atoms with van der Waals surface area (Å²) in [6.07, 6.45) is 1.03. The van der Waals surface area contributed by atoms with Crippen molar-refractivity contribution in [2.24, 2.45) is 11.7 Å². The molecular formula is C12H17NO. The lowest BCUT2D eigenvalue weighted by molar-refractivity contribution is 0.356. The van der Waals surface area contributed by atoms with Crippen molar-refractivity contribution >= 4 is 0 Å². The van der Waals surface area contributed by atoms with Gasteiger partial charge >= 0.3 is 0 Å². The number of ether oxygens (including phenoxy) is 1. The lowest BCUT2D eigenvalue weighted by atomic mass is 9.96. The van der Waals surface area contributed by atoms with Crippen LogP contribution >= 0.6 is 0 Å². The minimum Gasteiger partial charge on any atom is -0.493 e. The quantitative estimate of drug-likeness (QED) is 0.778. The first kappa shape index (κ1) is 9.53. The van der Waals surface area contributed by atoms with E-state index in [0.717, 1.165) is 18.8 Å². The normalized spacial score (nSPS) is 16.6. The molecule has 0 unspecified atom stereocenters. The zero-order chi connectivity index (χ0) is 10.1. The molecule has 1 aliphatic rings. The van der Waals surface area contributed by atoms with Gasteiger partial charge in [0.25, 0.3) is 0 Å². The standard InChI is InChI=1S/C12H17NO/c1-8(2)12(13)10-4-3-9-5-6-14-11(9)7-10/h3-4,7-8,12H,5-6,13H2,1-2H3/t12-/m0/s1. The molecule has 0 amide bonds. The maximum atomic E-state index is 6.08. The Kier molecular flexibility index (Phi) is 2.46. The summed E-state index contributed by atoms with van der Waals surface area (Å²) in [5, 5.41) is 0. The smallest absolute Gasteiger partial charge is 0.122 e. The summed E-state index contributed by atoms with van der Waals surface area (Å²) in [5.74, 6) is 1.49. The van der Waals surface area contributed by atoms with Crippen LogP contribution in [0.15, 0.2) is 18.2 Å². The molecule has 0 bridgehead atoms. The highest BCUT2D eigenvalue weighted by Crippen LogP contribution is 2.29. The first-order valence-corrected chi connectivity index (χ1v) is 5.19. The highest BCUT2D eigenvalue weighted by molar-refractivity contribution is 5.41. The summed E-state index contributed by atoms with van der Waals surface area (Å²) in [6, 6.07) is 6.47. The van der Waals surface area contributed by atoms with Crippen LogP contribution in [0, 0.1) is 5.92 Å². The predicted octanol–water partition coefficient (Wildman–Crippen LogP) is 2.28. The lowest BCUT2D eigenvalue weighted by Crippen LogP contribution is -2.16. The molecule has 1 atom stereocenters. The van der Waals surface area contributed by atoms with E-state index in [1.165, 1.54) is 11.1 Å². The van der Waals surface area contributed by atoms with Gasteiger partial charge in [0, 0.05) is 12.5 Å². The van der Waals surface area contributed by atoms with Gasteiger partial charge in [0.1, 0.15) is 5.75 Å². The van der Waals surface area contributed by atoms with Crippen LogP contribution in [0.5, 0.6) is 5.75 Å². The molecule has 0 radical (unpaired) electrons. The fourth-order valence-electron chi connectivity index (χ4n) is 1.78. The topological polar surface area (TPSA) is 35.2 Å². The molecule has 2 N–H and O–H groups in total. The maximum Gasteiger partial charge on any atom is 0.122 e. The van der Waals surface area contributed by atoms with Gasteiger partial charge in [-0.15, -0.1) is 0 Å². The van der Waals surface area contributed by atoms with E-state index in [0.29, 0.717) is 5.92 Å². The van der Waals surface area contributed by atoms with E-state index in [1.807, 2.05) is 0 Å². The summed E-state index contributed by atoms with van der Waals surface area (Å²) in [7, 11) is 0. The van der Waals surface area contributed by atoms with Gasteiger partial charge < -0.3 is 10.5 Å². The van der Waals surface area contributed by atoms with Crippen LogP contribution in [0.4, 0.5) is 0 Å². The Morgan fingerprint density at radius 2 is 2.14 bits per heavy atom. The Morgan fingerprint density at radius 3 is 2.86 bits per heavy atom. The van der Waals surface area contributed by atoms with Crippen LogP contribution in [0.3, 0.4) is 0 Å². The molecule has 0 aromatic heterocycles. The fraction of sp³-hybridized carbons (Fsp3) is 0.500. The Hall–Kier alpha value is -1.02. The molecule has 1 aromatic rings. The Balaban J connectivity index is 2.28. The summed E-state index contributed by atoms with van der Waals surface area (Å²) in [6.45, 7) is 5.09. The monoisotopic (exact) mass is 191 g/mol. The van der Waals surface area contributed by atoms with Crippen molar-refractivity contribution in [1.82, 2.24) is 0 Å². The number of rotatable bonds is 2. The SMILES string of the molecule is CC(C)[C@H](N)c1ccc2c(c1)OCC2. The van der Waals surface area contributed by atoms with Gasteiger partial charge in [0.05, 0.1) is 6.61 Å². The molecule has 0 spiro atoms. The third kappa shape index (κ3) is 1.62. The van der Waals surface area contributed by atoms with Gasteiger partial charge in [-0.25, -0.2) is 0 Å². The Morgan fingerprint density at radius 1 is 1.36 bits per heavy atom. The molecule has 2 heteroatoms. The van der Waals surface area contributed by atoms with Crippen LogP contribution in [0.1, 0.15) is 31.0 Å². The first-order valence-electron chi connectivity index (χ1n) is 5.19. The number of benzene rings is 1. The molecule has 1 heterocycles. The molecule has 2 nitrogen and oxygen atoms in total. The number of hydrogen-bond acceptors (Lipinski definition) is 2. The number of fused-ring (bicyclic) bond motifs is 1. The third-order valence-electron chi connectivity index (χ3n) is 2.82. The predicted molar refractivity (Wildman–Crippen MR) is 57.4 cm³/mol. The summed E-state index contributed by atoms with van der Waals surface area (Å²) < 4.78 is 5.51. The molecule has 1 aliphatic heterocycles. The van der Waals surface area contributed by atoms with Crippen molar-refractivity contribution in [2.75, 3.05) is 6.61 Å². The van der Waals surface area contributed by atoms with E-state index in [-0.39, 0.29) is 6.04 Å². The van der Waals surface area contributed by atoms with E-state index < -0.39 is 0 Å². The number of nitrogens with two attached hydrogens (primary N) is 1. The minimum absolute atomic E-state index is 0.115. The molecule has 0 aliphatic carbocycles. The highest BCUT2D eigenvalue weighted by Gasteiger charge is 2.16. The van der Waals surface area contributed by atoms with Gasteiger partial charge in [0.15, 0.2) is 0 Å². The van der Waals surface area contributed by atoms with E-state index >= 15 is 0 Å². The summed E-state index contributed by atoms with van der Waals surface area (Å²) in [5.41, 5.74) is 8.57. The van der Waals surface area contributed by atoms with Crippen LogP contribution in [-0.4, -0.2) is 6.61 Å². The average molecular weight is 191 g/mol. The zero-order valence-corrected chi connectivity index (χ0v) is 8.79. The lowest BCUT2D eigenvalue weighted by Gasteiger charge is -2.16. The van der Waals surface area contributed by atoms with E-state index in [4.69, 9.17) is 10.5 Å². The molecule has 2 rings (SSSR count). The largest absolute Gasteiger partial charge is 0.493 e. The van der Waals surface area contributed by atoms with Crippen molar-refractivity contribution in [3.05, 3.63) is 29.3 Å². The van der Waals surface area contributed by atoms with Crippen LogP contribution in [-0.2, 0) is 6.42 Å². The van der Waals surface area contributed by atoms with Crippen LogP contribution < -0.4 is 10.5 Å². The van der Waals surface area contributed by atoms with Gasteiger partial charge in [0.2, 0.25) is 0 Å². The Bertz CT molecular complexity index is 333. The minimum atomic E-state index is 0.115. The molecule has 0 saturated carbocycles. The number of hydrogen-bond donors (Lipinski definition) is 1. The van der Waals surface area contributed by atoms with Gasteiger partial charge in [-0.05, 0) is 23.1 Å². The molecule has 0 saturated heterocycles. The van der Waals surface area contributed by atoms with E-state index in [1.54, 1.807) is 0 Å². The highest BCUT2D eigenvalue weighted by atomic mass is 16.5. The van der Waals surface area contributed by atoms with Crippen molar-refractivity contribution in [2.45, 2.75) is 26.3 Å². The fourth-order valence-corrected chi connectivity index (χ4v) is 1.78. The van der Waals surface area contributed by atoms with Gasteiger partial charge in [-0.1, -0.05) is 26.0 Å². The zero-order valence-electron chi connectivity index (χ0n) is 8.79. The molecule has 14 heavy (non-hydrogen) atoms. The van der Waals surface area contributed by atoms with Gasteiger partial charge in [-0.3, -0.25) is 0 Å². The van der Waals surface area contributed by atoms with Crippen molar-refractivity contribution < 1.29 is 4.74 Å². The Labute approximate surface area is 85.1 Å². The van der Waals surface area contributed by atoms with Crippen LogP contribution in [0.2, 0.25) is 0 Å². The van der Waals surface area contributed by atoms with Crippen molar-refractivity contribution in [3.8, 4) is 5.75 Å². The third-order valence-corrected chi connectivity index (χ3v) is 2.82. The second kappa shape index (κ2) is 3.62. The maximum absolute atomic E-state index is 6.08. The van der Waals surface area contributed by atoms with E-state index in [2.05, 4.69) is 32.0 Å². The van der Waals surface area contributed by atoms with Gasteiger partial charge in [-0.2, -0.15) is 0 Å². The van der Waals surface area contributed by atoms with E-state index in [9.17, 15) is 0 Å². The average Bonchev–Trinajstić information content (AvgIpc) is 2.62. The second-order valence-electron chi connectivity index (χ2n) is 4.24. The van der Waals surface area contributed by atoms with Crippen molar-refractivity contribution in [1.29, 1.82) is 0 Å².